The van der Waals surface area contributed by atoms with Gasteiger partial charge in [0.25, 0.3) is 0 Å². The summed E-state index contributed by atoms with van der Waals surface area (Å²) in [5, 5.41) is 8.17. The summed E-state index contributed by atoms with van der Waals surface area (Å²) in [4.78, 5) is 12.2. The first-order valence-corrected chi connectivity index (χ1v) is 4.51. The molecule has 1 rings (SSSR count). The summed E-state index contributed by atoms with van der Waals surface area (Å²) in [7, 11) is -3.02. The first kappa shape index (κ1) is 12.6. The summed E-state index contributed by atoms with van der Waals surface area (Å²) in [5.74, 6) is -2.76. The minimum atomic E-state index is -5.08. The van der Waals surface area contributed by atoms with Gasteiger partial charge in [-0.15, -0.1) is 0 Å². The van der Waals surface area contributed by atoms with Gasteiger partial charge in [0, 0.05) is 6.20 Å². The molecule has 0 fully saturated rings. The van der Waals surface area contributed by atoms with Crippen LogP contribution in [0.3, 0.4) is 0 Å². The molecule has 5 nitrogen and oxygen atoms in total. The normalized spacial score (nSPS) is 17.4. The Labute approximate surface area is 76.5 Å². The van der Waals surface area contributed by atoms with Crippen molar-refractivity contribution >= 4 is 21.4 Å². The third-order valence-electron chi connectivity index (χ3n) is 0.787. The number of hydrogen-bond donors (Lipinski definition) is 1. The lowest BCUT2D eigenvalue weighted by Gasteiger charge is -1.93. The van der Waals surface area contributed by atoms with Crippen LogP contribution in [0.5, 0.6) is 0 Å². The second-order valence-electron chi connectivity index (χ2n) is 1.93. The van der Waals surface area contributed by atoms with Gasteiger partial charge in [0.2, 0.25) is 9.84 Å². The highest BCUT2D eigenvalue weighted by Crippen LogP contribution is 2.13. The fourth-order valence-corrected chi connectivity index (χ4v) is 0.825. The Morgan fingerprint density at radius 2 is 1.79 bits per heavy atom. The van der Waals surface area contributed by atoms with Gasteiger partial charge in [-0.25, -0.2) is 13.2 Å². The number of rotatable bonds is 0. The number of aliphatic carboxylic acids is 1. The Hall–Kier alpha value is -1.38. The van der Waals surface area contributed by atoms with Crippen LogP contribution in [0, 0.1) is 0 Å². The van der Waals surface area contributed by atoms with Crippen LogP contribution in [-0.2, 0) is 14.6 Å². The number of sulfone groups is 1. The van der Waals surface area contributed by atoms with Crippen LogP contribution >= 0.6 is 0 Å². The van der Waals surface area contributed by atoms with Gasteiger partial charge >= 0.3 is 12.1 Å². The second-order valence-corrected chi connectivity index (χ2v) is 3.59. The van der Waals surface area contributed by atoms with Crippen LogP contribution in [0.1, 0.15) is 0 Å². The van der Waals surface area contributed by atoms with E-state index in [1.54, 1.807) is 0 Å². The third kappa shape index (κ3) is 5.30. The van der Waals surface area contributed by atoms with Gasteiger partial charge in [0.05, 0.1) is 5.41 Å². The maximum Gasteiger partial charge on any atom is 0.490 e. The number of carboxylic acid groups (broad SMARTS) is 1. The highest BCUT2D eigenvalue weighted by atomic mass is 32.2. The molecule has 0 aromatic rings. The quantitative estimate of drug-likeness (QED) is 0.659. The van der Waals surface area contributed by atoms with Crippen molar-refractivity contribution in [3.8, 4) is 0 Å². The van der Waals surface area contributed by atoms with E-state index in [4.69, 9.17) is 9.90 Å². The van der Waals surface area contributed by atoms with Crippen LogP contribution in [0.4, 0.5) is 13.2 Å². The standard InChI is InChI=1S/C3H3NO2S.C2HF3O2/c5-7(6)2-1-4-3-7;3-2(4,5)1(6)7/h1-3H;(H,6,7). The number of carbonyl (C=O) groups is 1. The molecule has 80 valence electrons. The molecule has 0 unspecified atom stereocenters. The molecule has 0 amide bonds. The van der Waals surface area contributed by atoms with Crippen molar-refractivity contribution in [1.29, 1.82) is 0 Å². The Kier molecular flexibility index (Phi) is 3.81. The highest BCUT2D eigenvalue weighted by molar-refractivity contribution is 8.07. The molecule has 0 bridgehead atoms. The van der Waals surface area contributed by atoms with Crippen LogP contribution in [0.25, 0.3) is 0 Å². The van der Waals surface area contributed by atoms with E-state index in [1.165, 1.54) is 6.20 Å². The molecule has 0 aliphatic carbocycles. The molecular formula is C5H4F3NO4S. The lowest BCUT2D eigenvalue weighted by Crippen LogP contribution is -2.21. The molecule has 0 saturated heterocycles. The topological polar surface area (TPSA) is 83.8 Å². The van der Waals surface area contributed by atoms with Gasteiger partial charge in [-0.05, 0) is 0 Å². The van der Waals surface area contributed by atoms with Gasteiger partial charge in [-0.1, -0.05) is 0 Å². The molecule has 1 aliphatic rings. The predicted molar refractivity (Wildman–Crippen MR) is 40.2 cm³/mol. The molecule has 0 radical (unpaired) electrons. The Morgan fingerprint density at radius 1 is 1.36 bits per heavy atom. The van der Waals surface area contributed by atoms with E-state index in [2.05, 4.69) is 4.99 Å². The molecule has 1 heterocycles. The van der Waals surface area contributed by atoms with Crippen molar-refractivity contribution < 1.29 is 31.5 Å². The number of halogens is 3. The van der Waals surface area contributed by atoms with Crippen molar-refractivity contribution in [3.05, 3.63) is 11.6 Å². The predicted octanol–water partition coefficient (Wildman–Crippen LogP) is 0.548. The Morgan fingerprint density at radius 3 is 1.86 bits per heavy atom. The lowest BCUT2D eigenvalue weighted by molar-refractivity contribution is -0.192. The number of aliphatic imine (C=N–C) groups is 1. The highest BCUT2D eigenvalue weighted by Gasteiger charge is 2.38. The molecule has 0 aromatic carbocycles. The number of alkyl halides is 3. The van der Waals surface area contributed by atoms with Crippen molar-refractivity contribution in [2.45, 2.75) is 6.18 Å². The van der Waals surface area contributed by atoms with Crippen LogP contribution in [0.15, 0.2) is 16.6 Å². The zero-order valence-corrected chi connectivity index (χ0v) is 7.21. The van der Waals surface area contributed by atoms with Crippen molar-refractivity contribution in [1.82, 2.24) is 0 Å². The maximum absolute atomic E-state index is 10.6. The van der Waals surface area contributed by atoms with E-state index >= 15 is 0 Å². The summed E-state index contributed by atoms with van der Waals surface area (Å²) < 4.78 is 52.1. The SMILES string of the molecule is O=C(O)C(F)(F)F.O=S1(=O)C=CN=C1. The van der Waals surface area contributed by atoms with E-state index in [0.29, 0.717) is 0 Å². The molecule has 0 aromatic heterocycles. The summed E-state index contributed by atoms with van der Waals surface area (Å²) in [6, 6.07) is 0. The van der Waals surface area contributed by atoms with Crippen LogP contribution < -0.4 is 0 Å². The fourth-order valence-electron chi connectivity index (χ4n) is 0.275. The van der Waals surface area contributed by atoms with Gasteiger partial charge in [-0.3, -0.25) is 4.99 Å². The average molecular weight is 231 g/mol. The van der Waals surface area contributed by atoms with Gasteiger partial charge < -0.3 is 5.11 Å². The van der Waals surface area contributed by atoms with Gasteiger partial charge in [0.15, 0.2) is 0 Å². The van der Waals surface area contributed by atoms with Crippen molar-refractivity contribution in [3.63, 3.8) is 0 Å². The summed E-state index contributed by atoms with van der Waals surface area (Å²) in [6.45, 7) is 0. The van der Waals surface area contributed by atoms with E-state index in [0.717, 1.165) is 11.0 Å². The lowest BCUT2D eigenvalue weighted by atomic mass is 10.7. The van der Waals surface area contributed by atoms with Gasteiger partial charge in [-0.2, -0.15) is 13.2 Å². The van der Waals surface area contributed by atoms with E-state index in [1.807, 2.05) is 0 Å². The number of carboxylic acids is 1. The number of hydrogen-bond acceptors (Lipinski definition) is 4. The zero-order chi connectivity index (χ0) is 11.4. The number of nitrogens with zero attached hydrogens (tertiary/aromatic N) is 1. The molecular weight excluding hydrogens is 227 g/mol. The minimum absolute atomic E-state index is 0.910. The molecule has 14 heavy (non-hydrogen) atoms. The van der Waals surface area contributed by atoms with Crippen LogP contribution in [-0.4, -0.2) is 31.2 Å². The zero-order valence-electron chi connectivity index (χ0n) is 6.39. The minimum Gasteiger partial charge on any atom is -0.475 e. The summed E-state index contributed by atoms with van der Waals surface area (Å²) in [6.07, 6.45) is -3.84. The molecule has 1 aliphatic heterocycles. The van der Waals surface area contributed by atoms with E-state index < -0.39 is 22.0 Å². The van der Waals surface area contributed by atoms with E-state index in [9.17, 15) is 21.6 Å². The monoisotopic (exact) mass is 231 g/mol. The average Bonchev–Trinajstić information content (AvgIpc) is 2.33. The molecule has 0 atom stereocenters. The summed E-state index contributed by atoms with van der Waals surface area (Å²) >= 11 is 0. The smallest absolute Gasteiger partial charge is 0.475 e. The Bertz CT molecular complexity index is 349. The molecule has 0 saturated carbocycles. The van der Waals surface area contributed by atoms with Crippen molar-refractivity contribution in [2.24, 2.45) is 4.99 Å². The third-order valence-corrected chi connectivity index (χ3v) is 1.70. The molecule has 1 N–H and O–H groups in total. The second kappa shape index (κ2) is 4.22. The first-order chi connectivity index (χ1) is 6.15. The maximum atomic E-state index is 10.6. The summed E-state index contributed by atoms with van der Waals surface area (Å²) in [5.41, 5.74) is 0.910. The Balaban J connectivity index is 0.000000241. The fraction of sp³-hybridized carbons (Fsp3) is 0.200. The van der Waals surface area contributed by atoms with Gasteiger partial charge in [0.1, 0.15) is 5.55 Å². The van der Waals surface area contributed by atoms with Crippen LogP contribution in [0.2, 0.25) is 0 Å². The molecule has 0 spiro atoms. The molecule has 9 heteroatoms. The van der Waals surface area contributed by atoms with E-state index in [-0.39, 0.29) is 0 Å². The first-order valence-electron chi connectivity index (χ1n) is 2.90. The largest absolute Gasteiger partial charge is 0.490 e. The van der Waals surface area contributed by atoms with Crippen molar-refractivity contribution in [2.75, 3.05) is 0 Å².